The zero-order valence-electron chi connectivity index (χ0n) is 11.8. The van der Waals surface area contributed by atoms with Crippen LogP contribution in [0, 0.1) is 10.1 Å². The molecule has 0 amide bonds. The zero-order chi connectivity index (χ0) is 17.2. The highest BCUT2D eigenvalue weighted by Gasteiger charge is 2.45. The first-order valence-electron chi connectivity index (χ1n) is 6.41. The van der Waals surface area contributed by atoms with E-state index < -0.39 is 22.5 Å². The third kappa shape index (κ3) is 3.62. The molecule has 0 N–H and O–H groups in total. The highest BCUT2D eigenvalue weighted by Crippen LogP contribution is 2.41. The molecule has 0 saturated carbocycles. The van der Waals surface area contributed by atoms with Crippen LogP contribution in [0.3, 0.4) is 0 Å². The maximum absolute atomic E-state index is 13.1. The van der Waals surface area contributed by atoms with Crippen molar-refractivity contribution >= 4 is 17.3 Å². The van der Waals surface area contributed by atoms with Gasteiger partial charge in [-0.05, 0) is 19.1 Å². The van der Waals surface area contributed by atoms with E-state index in [9.17, 15) is 23.3 Å². The van der Waals surface area contributed by atoms with Crippen LogP contribution < -0.4 is 0 Å². The average Bonchev–Trinajstić information content (AvgIpc) is 2.84. The molecule has 1 aromatic carbocycles. The molecule has 0 fully saturated rings. The van der Waals surface area contributed by atoms with Gasteiger partial charge in [0.05, 0.1) is 4.92 Å². The lowest BCUT2D eigenvalue weighted by atomic mass is 10.1. The summed E-state index contributed by atoms with van der Waals surface area (Å²) in [7, 11) is 0. The Balaban J connectivity index is 2.74. The van der Waals surface area contributed by atoms with E-state index in [1.807, 2.05) is 0 Å². The van der Waals surface area contributed by atoms with Gasteiger partial charge in [0.1, 0.15) is 12.4 Å². The number of hydrogen-bond acceptors (Lipinski definition) is 4. The summed E-state index contributed by atoms with van der Waals surface area (Å²) >= 11 is 5.83. The summed E-state index contributed by atoms with van der Waals surface area (Å²) in [5.74, 6) is 0. The van der Waals surface area contributed by atoms with Crippen molar-refractivity contribution in [1.82, 2.24) is 9.78 Å². The molecule has 0 saturated heterocycles. The minimum absolute atomic E-state index is 0.145. The second-order valence-corrected chi connectivity index (χ2v) is 4.87. The normalized spacial score (nSPS) is 11.7. The molecule has 1 aromatic heterocycles. The fraction of sp³-hybridized carbons (Fsp3) is 0.308. The predicted octanol–water partition coefficient (Wildman–Crippen LogP) is 4.12. The number of benzene rings is 1. The second-order valence-electron chi connectivity index (χ2n) is 4.43. The molecule has 0 spiro atoms. The third-order valence-corrected chi connectivity index (χ3v) is 3.13. The Bertz CT molecular complexity index is 731. The van der Waals surface area contributed by atoms with Crippen molar-refractivity contribution in [1.29, 1.82) is 0 Å². The summed E-state index contributed by atoms with van der Waals surface area (Å²) in [6.07, 6.45) is -4.97. The molecule has 1 heterocycles. The largest absolute Gasteiger partial charge is 0.442 e. The molecule has 10 heteroatoms. The van der Waals surface area contributed by atoms with Crippen LogP contribution >= 0.6 is 11.6 Å². The molecule has 0 aliphatic carbocycles. The lowest BCUT2D eigenvalue weighted by Crippen LogP contribution is -2.10. The molecule has 23 heavy (non-hydrogen) atoms. The zero-order valence-corrected chi connectivity index (χ0v) is 12.6. The van der Waals surface area contributed by atoms with Crippen molar-refractivity contribution in [3.8, 4) is 11.3 Å². The summed E-state index contributed by atoms with van der Waals surface area (Å²) in [6.45, 7) is 1.50. The molecule has 2 rings (SSSR count). The summed E-state index contributed by atoms with van der Waals surface area (Å²) in [4.78, 5) is 10.1. The van der Waals surface area contributed by atoms with Crippen molar-refractivity contribution in [2.75, 3.05) is 6.61 Å². The highest BCUT2D eigenvalue weighted by molar-refractivity contribution is 6.30. The van der Waals surface area contributed by atoms with Gasteiger partial charge in [-0.25, -0.2) is 4.68 Å². The van der Waals surface area contributed by atoms with Crippen LogP contribution in [0.1, 0.15) is 12.6 Å². The summed E-state index contributed by atoms with van der Waals surface area (Å²) in [5.41, 5.74) is -2.86. The monoisotopic (exact) mass is 349 g/mol. The van der Waals surface area contributed by atoms with Gasteiger partial charge in [-0.3, -0.25) is 10.1 Å². The first-order chi connectivity index (χ1) is 10.8. The number of aromatic nitrogens is 2. The van der Waals surface area contributed by atoms with E-state index in [-0.39, 0.29) is 29.6 Å². The summed E-state index contributed by atoms with van der Waals surface area (Å²) < 4.78 is 45.1. The summed E-state index contributed by atoms with van der Waals surface area (Å²) in [6, 6.07) is 5.73. The van der Waals surface area contributed by atoms with Crippen LogP contribution in [0.2, 0.25) is 5.02 Å². The van der Waals surface area contributed by atoms with Crippen LogP contribution in [0.5, 0.6) is 0 Å². The number of alkyl halides is 3. The fourth-order valence-electron chi connectivity index (χ4n) is 2.01. The van der Waals surface area contributed by atoms with Gasteiger partial charge in [-0.2, -0.15) is 18.3 Å². The van der Waals surface area contributed by atoms with Crippen molar-refractivity contribution in [2.45, 2.75) is 19.8 Å². The number of nitro groups is 1. The number of ether oxygens (including phenoxy) is 1. The minimum atomic E-state index is -4.97. The summed E-state index contributed by atoms with van der Waals surface area (Å²) in [5, 5.41) is 14.8. The smallest absolute Gasteiger partial charge is 0.360 e. The van der Waals surface area contributed by atoms with Crippen LogP contribution in [0.25, 0.3) is 11.3 Å². The number of hydrogen-bond donors (Lipinski definition) is 0. The lowest BCUT2D eigenvalue weighted by Gasteiger charge is -2.07. The number of rotatable bonds is 5. The maximum atomic E-state index is 13.1. The van der Waals surface area contributed by atoms with E-state index in [1.165, 1.54) is 24.3 Å². The van der Waals surface area contributed by atoms with Gasteiger partial charge >= 0.3 is 11.9 Å². The molecular formula is C13H11ClF3N3O3. The SMILES string of the molecule is CCOCn1nc(C(F)(F)F)c([N+](=O)[O-])c1-c1cccc(Cl)c1. The Hall–Kier alpha value is -2.13. The maximum Gasteiger partial charge on any atom is 0.442 e. The van der Waals surface area contributed by atoms with E-state index in [0.717, 1.165) is 4.68 Å². The van der Waals surface area contributed by atoms with Gasteiger partial charge in [0.2, 0.25) is 5.69 Å². The van der Waals surface area contributed by atoms with Crippen LogP contribution in [0.15, 0.2) is 24.3 Å². The quantitative estimate of drug-likeness (QED) is 0.601. The highest BCUT2D eigenvalue weighted by atomic mass is 35.5. The molecule has 0 atom stereocenters. The van der Waals surface area contributed by atoms with Crippen LogP contribution in [0.4, 0.5) is 18.9 Å². The molecule has 0 radical (unpaired) electrons. The lowest BCUT2D eigenvalue weighted by molar-refractivity contribution is -0.387. The molecule has 6 nitrogen and oxygen atoms in total. The van der Waals surface area contributed by atoms with Gasteiger partial charge in [0, 0.05) is 17.2 Å². The Morgan fingerprint density at radius 3 is 2.65 bits per heavy atom. The van der Waals surface area contributed by atoms with Crippen molar-refractivity contribution in [2.24, 2.45) is 0 Å². The van der Waals surface area contributed by atoms with Gasteiger partial charge in [-0.1, -0.05) is 23.7 Å². The molecule has 0 aliphatic rings. The van der Waals surface area contributed by atoms with Crippen LogP contribution in [-0.2, 0) is 17.6 Å². The molecule has 0 bridgehead atoms. The molecular weight excluding hydrogens is 339 g/mol. The van der Waals surface area contributed by atoms with Gasteiger partial charge in [0.25, 0.3) is 0 Å². The second kappa shape index (κ2) is 6.55. The van der Waals surface area contributed by atoms with Gasteiger partial charge in [0.15, 0.2) is 0 Å². The molecule has 0 aliphatic heterocycles. The van der Waals surface area contributed by atoms with E-state index in [2.05, 4.69) is 5.10 Å². The van der Waals surface area contributed by atoms with E-state index >= 15 is 0 Å². The standard InChI is InChI=1S/C13H11ClF3N3O3/c1-2-23-7-19-10(8-4-3-5-9(14)6-8)11(20(21)22)12(18-19)13(15,16)17/h3-6H,2,7H2,1H3. The third-order valence-electron chi connectivity index (χ3n) is 2.89. The topological polar surface area (TPSA) is 70.2 Å². The number of halogens is 4. The number of nitrogens with zero attached hydrogens (tertiary/aromatic N) is 3. The van der Waals surface area contributed by atoms with E-state index in [4.69, 9.17) is 16.3 Å². The Labute approximate surface area is 133 Å². The van der Waals surface area contributed by atoms with Gasteiger partial charge < -0.3 is 4.74 Å². The van der Waals surface area contributed by atoms with Crippen molar-refractivity contribution in [3.63, 3.8) is 0 Å². The Kier molecular flexibility index (Phi) is 4.90. The van der Waals surface area contributed by atoms with E-state index in [1.54, 1.807) is 6.92 Å². The molecule has 2 aromatic rings. The Morgan fingerprint density at radius 2 is 2.13 bits per heavy atom. The fourth-order valence-corrected chi connectivity index (χ4v) is 2.20. The van der Waals surface area contributed by atoms with Gasteiger partial charge in [-0.15, -0.1) is 0 Å². The average molecular weight is 350 g/mol. The predicted molar refractivity (Wildman–Crippen MR) is 76.0 cm³/mol. The first-order valence-corrected chi connectivity index (χ1v) is 6.79. The molecule has 0 unspecified atom stereocenters. The first kappa shape index (κ1) is 17.2. The Morgan fingerprint density at radius 1 is 1.43 bits per heavy atom. The van der Waals surface area contributed by atoms with Crippen molar-refractivity contribution < 1.29 is 22.8 Å². The van der Waals surface area contributed by atoms with E-state index in [0.29, 0.717) is 0 Å². The van der Waals surface area contributed by atoms with Crippen molar-refractivity contribution in [3.05, 3.63) is 45.1 Å². The van der Waals surface area contributed by atoms with Crippen LogP contribution in [-0.4, -0.2) is 21.3 Å². The minimum Gasteiger partial charge on any atom is -0.360 e. The molecule has 124 valence electrons.